The Labute approximate surface area is 174 Å². The number of carbonyl (C=O) groups excluding carboxylic acids is 2. The molecule has 3 rings (SSSR count). The summed E-state index contributed by atoms with van der Waals surface area (Å²) in [5.74, 6) is -1.21. The van der Waals surface area contributed by atoms with Crippen molar-refractivity contribution >= 4 is 28.9 Å². The lowest BCUT2D eigenvalue weighted by molar-refractivity contribution is -0.144. The summed E-state index contributed by atoms with van der Waals surface area (Å²) in [6.45, 7) is 8.97. The van der Waals surface area contributed by atoms with Crippen molar-refractivity contribution in [3.63, 3.8) is 0 Å². The van der Waals surface area contributed by atoms with Crippen LogP contribution in [-0.2, 0) is 20.9 Å². The molecule has 2 heterocycles. The number of rotatable bonds is 6. The van der Waals surface area contributed by atoms with E-state index < -0.39 is 11.9 Å². The maximum absolute atomic E-state index is 13.6. The molecular formula is C22H25FN4O3. The predicted octanol–water partition coefficient (Wildman–Crippen LogP) is 3.82. The van der Waals surface area contributed by atoms with Gasteiger partial charge in [0.05, 0.1) is 17.1 Å². The molecule has 0 radical (unpaired) electrons. The minimum Gasteiger partial charge on any atom is -0.456 e. The number of anilines is 2. The molecule has 0 saturated heterocycles. The summed E-state index contributed by atoms with van der Waals surface area (Å²) in [7, 11) is 0. The van der Waals surface area contributed by atoms with Crippen LogP contribution in [0, 0.1) is 33.5 Å². The number of aryl methyl sites for hydroxylation is 4. The fourth-order valence-corrected chi connectivity index (χ4v) is 3.34. The molecule has 0 fully saturated rings. The number of imidazole rings is 1. The van der Waals surface area contributed by atoms with Gasteiger partial charge in [0.1, 0.15) is 5.82 Å². The summed E-state index contributed by atoms with van der Waals surface area (Å²) < 4.78 is 20.2. The van der Waals surface area contributed by atoms with Gasteiger partial charge in [-0.2, -0.15) is 0 Å². The van der Waals surface area contributed by atoms with Gasteiger partial charge >= 0.3 is 5.97 Å². The van der Waals surface area contributed by atoms with Crippen LogP contribution in [0.15, 0.2) is 24.4 Å². The van der Waals surface area contributed by atoms with E-state index in [9.17, 15) is 14.0 Å². The minimum absolute atomic E-state index is 0.256. The zero-order valence-corrected chi connectivity index (χ0v) is 17.7. The number of ether oxygens (including phenoxy) is 1. The van der Waals surface area contributed by atoms with E-state index >= 15 is 0 Å². The van der Waals surface area contributed by atoms with Gasteiger partial charge in [0, 0.05) is 25.4 Å². The number of amides is 1. The van der Waals surface area contributed by atoms with Crippen LogP contribution in [0.3, 0.4) is 0 Å². The number of hydrogen-bond donors (Lipinski definition) is 2. The van der Waals surface area contributed by atoms with E-state index in [0.717, 1.165) is 39.4 Å². The normalized spacial score (nSPS) is 10.9. The molecule has 2 aromatic heterocycles. The number of benzene rings is 1. The van der Waals surface area contributed by atoms with Crippen LogP contribution >= 0.6 is 0 Å². The fraction of sp³-hybridized carbons (Fsp3) is 0.318. The third-order valence-electron chi connectivity index (χ3n) is 5.00. The lowest BCUT2D eigenvalue weighted by Crippen LogP contribution is -2.20. The zero-order valence-electron chi connectivity index (χ0n) is 17.7. The van der Waals surface area contributed by atoms with E-state index in [1.165, 1.54) is 19.1 Å². The van der Waals surface area contributed by atoms with Crippen molar-refractivity contribution in [2.24, 2.45) is 0 Å². The predicted molar refractivity (Wildman–Crippen MR) is 113 cm³/mol. The fourth-order valence-electron chi connectivity index (χ4n) is 3.34. The third kappa shape index (κ3) is 4.59. The lowest BCUT2D eigenvalue weighted by Gasteiger charge is -2.15. The Morgan fingerprint density at radius 1 is 1.13 bits per heavy atom. The van der Waals surface area contributed by atoms with Crippen molar-refractivity contribution in [2.75, 3.05) is 17.2 Å². The number of nitrogens with zero attached hydrogens (tertiary/aromatic N) is 2. The third-order valence-corrected chi connectivity index (χ3v) is 5.00. The summed E-state index contributed by atoms with van der Waals surface area (Å²) >= 11 is 0. The summed E-state index contributed by atoms with van der Waals surface area (Å²) in [5.41, 5.74) is 6.51. The van der Waals surface area contributed by atoms with E-state index in [1.807, 2.05) is 32.1 Å². The molecular weight excluding hydrogens is 387 g/mol. The molecule has 2 N–H and O–H groups in total. The Hall–Kier alpha value is -3.42. The van der Waals surface area contributed by atoms with Crippen LogP contribution in [0.1, 0.15) is 35.0 Å². The number of pyridine rings is 1. The highest BCUT2D eigenvalue weighted by Gasteiger charge is 2.14. The number of hydrogen-bond acceptors (Lipinski definition) is 5. The first-order chi connectivity index (χ1) is 14.2. The molecule has 1 amide bonds. The number of aromatic nitrogens is 2. The second-order valence-corrected chi connectivity index (χ2v) is 7.32. The van der Waals surface area contributed by atoms with Gasteiger partial charge in [-0.25, -0.2) is 9.37 Å². The average molecular weight is 412 g/mol. The van der Waals surface area contributed by atoms with E-state index in [0.29, 0.717) is 12.2 Å². The molecule has 7 nitrogen and oxygen atoms in total. The molecule has 0 unspecified atom stereocenters. The number of carbonyl (C=O) groups is 2. The van der Waals surface area contributed by atoms with Crippen LogP contribution < -0.4 is 10.6 Å². The Morgan fingerprint density at radius 2 is 1.80 bits per heavy atom. The Bertz CT molecular complexity index is 1110. The first kappa shape index (κ1) is 21.3. The average Bonchev–Trinajstić information content (AvgIpc) is 2.94. The van der Waals surface area contributed by atoms with Gasteiger partial charge in [-0.05, 0) is 62.6 Å². The van der Waals surface area contributed by atoms with Crippen molar-refractivity contribution in [3.05, 3.63) is 58.3 Å². The Balaban J connectivity index is 1.92. The van der Waals surface area contributed by atoms with Crippen molar-refractivity contribution in [2.45, 2.75) is 41.2 Å². The standard InChI is InChI=1S/C22H25FN4O3/c1-12-6-17(23)7-13(2)19(12)9-24-20-8-18(26-21(29)11-30-16(5)28)10-27-15(4)14(3)25-22(20)27/h6-8,10,24H,9,11H2,1-5H3,(H,26,29). The molecule has 0 aliphatic rings. The molecule has 30 heavy (non-hydrogen) atoms. The molecule has 0 saturated carbocycles. The van der Waals surface area contributed by atoms with Gasteiger partial charge < -0.3 is 19.8 Å². The van der Waals surface area contributed by atoms with Gasteiger partial charge in [0.25, 0.3) is 5.91 Å². The molecule has 1 aromatic carbocycles. The maximum atomic E-state index is 13.6. The van der Waals surface area contributed by atoms with Crippen molar-refractivity contribution < 1.29 is 18.7 Å². The van der Waals surface area contributed by atoms with Crippen LogP contribution in [0.4, 0.5) is 15.8 Å². The van der Waals surface area contributed by atoms with Crippen molar-refractivity contribution in [1.29, 1.82) is 0 Å². The van der Waals surface area contributed by atoms with Crippen LogP contribution in [0.25, 0.3) is 5.65 Å². The minimum atomic E-state index is -0.519. The quantitative estimate of drug-likeness (QED) is 0.601. The van der Waals surface area contributed by atoms with Crippen molar-refractivity contribution in [1.82, 2.24) is 9.38 Å². The summed E-state index contributed by atoms with van der Waals surface area (Å²) in [4.78, 5) is 27.6. The van der Waals surface area contributed by atoms with Gasteiger partial charge in [-0.15, -0.1) is 0 Å². The molecule has 0 bridgehead atoms. The monoisotopic (exact) mass is 412 g/mol. The molecule has 0 aliphatic carbocycles. The van der Waals surface area contributed by atoms with Gasteiger partial charge in [0.15, 0.2) is 12.3 Å². The summed E-state index contributed by atoms with van der Waals surface area (Å²) in [5, 5.41) is 6.11. The highest BCUT2D eigenvalue weighted by molar-refractivity contribution is 5.93. The van der Waals surface area contributed by atoms with Crippen LogP contribution in [0.5, 0.6) is 0 Å². The molecule has 3 aromatic rings. The Morgan fingerprint density at radius 3 is 2.43 bits per heavy atom. The second-order valence-electron chi connectivity index (χ2n) is 7.32. The highest BCUT2D eigenvalue weighted by Crippen LogP contribution is 2.26. The zero-order chi connectivity index (χ0) is 22.0. The maximum Gasteiger partial charge on any atom is 0.303 e. The highest BCUT2D eigenvalue weighted by atomic mass is 19.1. The van der Waals surface area contributed by atoms with E-state index in [1.54, 1.807) is 12.3 Å². The van der Waals surface area contributed by atoms with Gasteiger partial charge in [0.2, 0.25) is 0 Å². The van der Waals surface area contributed by atoms with E-state index in [4.69, 9.17) is 4.74 Å². The van der Waals surface area contributed by atoms with Crippen LogP contribution in [0.2, 0.25) is 0 Å². The molecule has 0 atom stereocenters. The molecule has 8 heteroatoms. The molecule has 0 aliphatic heterocycles. The number of halogens is 1. The summed E-state index contributed by atoms with van der Waals surface area (Å²) in [6.07, 6.45) is 1.77. The number of nitrogens with one attached hydrogen (secondary N) is 2. The SMILES string of the molecule is CC(=O)OCC(=O)Nc1cc(NCc2c(C)cc(F)cc2C)c2nc(C)c(C)n2c1. The molecule has 158 valence electrons. The van der Waals surface area contributed by atoms with E-state index in [-0.39, 0.29) is 12.4 Å². The summed E-state index contributed by atoms with van der Waals surface area (Å²) in [6, 6.07) is 4.80. The van der Waals surface area contributed by atoms with Crippen LogP contribution in [-0.4, -0.2) is 27.9 Å². The van der Waals surface area contributed by atoms with Gasteiger partial charge in [-0.3, -0.25) is 9.59 Å². The number of esters is 1. The largest absolute Gasteiger partial charge is 0.456 e. The first-order valence-electron chi connectivity index (χ1n) is 9.57. The van der Waals surface area contributed by atoms with E-state index in [2.05, 4.69) is 15.6 Å². The molecule has 0 spiro atoms. The number of fused-ring (bicyclic) bond motifs is 1. The lowest BCUT2D eigenvalue weighted by atomic mass is 10.0. The Kier molecular flexibility index (Phi) is 6.05. The van der Waals surface area contributed by atoms with Gasteiger partial charge in [-0.1, -0.05) is 0 Å². The topological polar surface area (TPSA) is 84.7 Å². The van der Waals surface area contributed by atoms with Crippen molar-refractivity contribution in [3.8, 4) is 0 Å². The second kappa shape index (κ2) is 8.52. The smallest absolute Gasteiger partial charge is 0.303 e. The first-order valence-corrected chi connectivity index (χ1v) is 9.57.